The number of rotatable bonds is 3. The molecule has 1 aliphatic heterocycles. The van der Waals surface area contributed by atoms with Crippen LogP contribution in [0.15, 0.2) is 29.2 Å². The molecule has 1 fully saturated rings. The van der Waals surface area contributed by atoms with Crippen LogP contribution in [-0.4, -0.2) is 37.6 Å². The van der Waals surface area contributed by atoms with Gasteiger partial charge in [-0.1, -0.05) is 13.8 Å². The Kier molecular flexibility index (Phi) is 4.66. The zero-order valence-corrected chi connectivity index (χ0v) is 13.1. The van der Waals surface area contributed by atoms with Crippen molar-refractivity contribution in [3.05, 3.63) is 30.1 Å². The van der Waals surface area contributed by atoms with Gasteiger partial charge in [0.2, 0.25) is 5.91 Å². The molecule has 0 atom stereocenters. The number of likely N-dealkylation sites (tertiary alicyclic amines) is 1. The molecule has 0 bridgehead atoms. The van der Waals surface area contributed by atoms with Crippen LogP contribution in [0.5, 0.6) is 0 Å². The molecule has 0 aliphatic carbocycles. The minimum atomic E-state index is -3.45. The third-order valence-corrected chi connectivity index (χ3v) is 6.11. The maximum Gasteiger partial charge on any atom is 0.225 e. The van der Waals surface area contributed by atoms with Crippen molar-refractivity contribution < 1.29 is 17.6 Å². The minimum absolute atomic E-state index is 0.0626. The molecule has 1 aromatic rings. The van der Waals surface area contributed by atoms with Gasteiger partial charge < -0.3 is 4.90 Å². The van der Waals surface area contributed by atoms with Gasteiger partial charge >= 0.3 is 0 Å². The highest BCUT2D eigenvalue weighted by molar-refractivity contribution is 7.92. The highest BCUT2D eigenvalue weighted by Gasteiger charge is 2.33. The van der Waals surface area contributed by atoms with E-state index in [1.165, 1.54) is 12.1 Å². The SMILES string of the molecule is CC(C)C(=O)N1CCC(S(=O)(=O)c2ccc(F)cc2)CC1. The molecule has 1 saturated heterocycles. The Labute approximate surface area is 124 Å². The van der Waals surface area contributed by atoms with Crippen molar-refractivity contribution >= 4 is 15.7 Å². The van der Waals surface area contributed by atoms with E-state index in [4.69, 9.17) is 0 Å². The number of carbonyl (C=O) groups excluding carboxylic acids is 1. The van der Waals surface area contributed by atoms with E-state index in [1.807, 2.05) is 13.8 Å². The van der Waals surface area contributed by atoms with Gasteiger partial charge in [-0.15, -0.1) is 0 Å². The van der Waals surface area contributed by atoms with Gasteiger partial charge in [0.05, 0.1) is 10.1 Å². The highest BCUT2D eigenvalue weighted by Crippen LogP contribution is 2.25. The minimum Gasteiger partial charge on any atom is -0.342 e. The molecule has 4 nitrogen and oxygen atoms in total. The van der Waals surface area contributed by atoms with Crippen molar-refractivity contribution in [3.8, 4) is 0 Å². The summed E-state index contributed by atoms with van der Waals surface area (Å²) < 4.78 is 37.9. The molecule has 0 radical (unpaired) electrons. The molecule has 1 amide bonds. The molecule has 1 aliphatic rings. The summed E-state index contributed by atoms with van der Waals surface area (Å²) in [6.45, 7) is 4.59. The standard InChI is InChI=1S/C15H20FNO3S/c1-11(2)15(18)17-9-7-14(8-10-17)21(19,20)13-5-3-12(16)4-6-13/h3-6,11,14H,7-10H2,1-2H3. The van der Waals surface area contributed by atoms with Crippen molar-refractivity contribution in [3.63, 3.8) is 0 Å². The second kappa shape index (κ2) is 6.13. The molecule has 1 aromatic carbocycles. The van der Waals surface area contributed by atoms with Gasteiger partial charge in [-0.2, -0.15) is 0 Å². The maximum atomic E-state index is 12.9. The molecule has 0 aromatic heterocycles. The Morgan fingerprint density at radius 2 is 1.71 bits per heavy atom. The number of carbonyl (C=O) groups is 1. The quantitative estimate of drug-likeness (QED) is 0.804. The molecule has 0 unspecified atom stereocenters. The van der Waals surface area contributed by atoms with Crippen LogP contribution in [0.25, 0.3) is 0 Å². The summed E-state index contributed by atoms with van der Waals surface area (Å²) in [7, 11) is -3.45. The fraction of sp³-hybridized carbons (Fsp3) is 0.533. The van der Waals surface area contributed by atoms with E-state index in [0.717, 1.165) is 12.1 Å². The number of nitrogens with zero attached hydrogens (tertiary/aromatic N) is 1. The van der Waals surface area contributed by atoms with Gasteiger partial charge in [-0.05, 0) is 37.1 Å². The first kappa shape index (κ1) is 15.9. The summed E-state index contributed by atoms with van der Waals surface area (Å²) in [6.07, 6.45) is 0.857. The molecule has 1 heterocycles. The predicted octanol–water partition coefficient (Wildman–Crippen LogP) is 2.25. The van der Waals surface area contributed by atoms with E-state index in [2.05, 4.69) is 0 Å². The number of amides is 1. The summed E-state index contributed by atoms with van der Waals surface area (Å²) >= 11 is 0. The average Bonchev–Trinajstić information content (AvgIpc) is 2.47. The smallest absolute Gasteiger partial charge is 0.225 e. The predicted molar refractivity (Wildman–Crippen MR) is 78.0 cm³/mol. The number of hydrogen-bond acceptors (Lipinski definition) is 3. The molecule has 0 saturated carbocycles. The normalized spacial score (nSPS) is 17.2. The fourth-order valence-electron chi connectivity index (χ4n) is 2.57. The molecule has 116 valence electrons. The first-order valence-corrected chi connectivity index (χ1v) is 8.65. The van der Waals surface area contributed by atoms with E-state index in [-0.39, 0.29) is 16.7 Å². The Hall–Kier alpha value is -1.43. The average molecular weight is 313 g/mol. The van der Waals surface area contributed by atoms with Crippen LogP contribution in [0.2, 0.25) is 0 Å². The van der Waals surface area contributed by atoms with Gasteiger partial charge in [0, 0.05) is 19.0 Å². The second-order valence-corrected chi connectivity index (χ2v) is 7.91. The lowest BCUT2D eigenvalue weighted by Gasteiger charge is -2.32. The van der Waals surface area contributed by atoms with Crippen molar-refractivity contribution in [2.75, 3.05) is 13.1 Å². The van der Waals surface area contributed by atoms with Crippen LogP contribution in [0.4, 0.5) is 4.39 Å². The van der Waals surface area contributed by atoms with Gasteiger partial charge in [0.1, 0.15) is 5.82 Å². The number of benzene rings is 1. The Bertz CT molecular complexity index is 602. The number of piperidine rings is 1. The molecule has 0 spiro atoms. The topological polar surface area (TPSA) is 54.5 Å². The largest absolute Gasteiger partial charge is 0.342 e. The third kappa shape index (κ3) is 3.43. The zero-order valence-electron chi connectivity index (χ0n) is 12.3. The third-order valence-electron chi connectivity index (χ3n) is 3.83. The van der Waals surface area contributed by atoms with Crippen molar-refractivity contribution in [1.82, 2.24) is 4.90 Å². The Balaban J connectivity index is 2.07. The molecule has 6 heteroatoms. The lowest BCUT2D eigenvalue weighted by Crippen LogP contribution is -2.44. The molecular formula is C15H20FNO3S. The van der Waals surface area contributed by atoms with E-state index in [0.29, 0.717) is 25.9 Å². The van der Waals surface area contributed by atoms with Crippen molar-refractivity contribution in [1.29, 1.82) is 0 Å². The van der Waals surface area contributed by atoms with Crippen molar-refractivity contribution in [2.45, 2.75) is 36.8 Å². The van der Waals surface area contributed by atoms with Gasteiger partial charge in [-0.3, -0.25) is 4.79 Å². The first-order valence-electron chi connectivity index (χ1n) is 7.10. The molecule has 0 N–H and O–H groups in total. The van der Waals surface area contributed by atoms with E-state index in [1.54, 1.807) is 4.90 Å². The summed E-state index contributed by atoms with van der Waals surface area (Å²) in [6, 6.07) is 4.92. The van der Waals surface area contributed by atoms with Gasteiger partial charge in [0.25, 0.3) is 0 Å². The van der Waals surface area contributed by atoms with Crippen LogP contribution in [0.3, 0.4) is 0 Å². The Morgan fingerprint density at radius 3 is 2.19 bits per heavy atom. The van der Waals surface area contributed by atoms with Gasteiger partial charge in [-0.25, -0.2) is 12.8 Å². The lowest BCUT2D eigenvalue weighted by atomic mass is 10.1. The monoisotopic (exact) mass is 313 g/mol. The lowest BCUT2D eigenvalue weighted by molar-refractivity contribution is -0.135. The summed E-state index contributed by atoms with van der Waals surface area (Å²) in [5.41, 5.74) is 0. The van der Waals surface area contributed by atoms with Crippen LogP contribution < -0.4 is 0 Å². The van der Waals surface area contributed by atoms with Crippen molar-refractivity contribution in [2.24, 2.45) is 5.92 Å². The van der Waals surface area contributed by atoms with Crippen LogP contribution in [0.1, 0.15) is 26.7 Å². The number of sulfone groups is 1. The number of hydrogen-bond donors (Lipinski definition) is 0. The van der Waals surface area contributed by atoms with Crippen LogP contribution in [-0.2, 0) is 14.6 Å². The van der Waals surface area contributed by atoms with E-state index in [9.17, 15) is 17.6 Å². The maximum absolute atomic E-state index is 12.9. The first-order chi connectivity index (χ1) is 9.82. The number of halogens is 1. The summed E-state index contributed by atoms with van der Waals surface area (Å²) in [5.74, 6) is -0.464. The zero-order chi connectivity index (χ0) is 15.6. The van der Waals surface area contributed by atoms with E-state index >= 15 is 0 Å². The van der Waals surface area contributed by atoms with Crippen LogP contribution in [0, 0.1) is 11.7 Å². The summed E-state index contributed by atoms with van der Waals surface area (Å²) in [4.78, 5) is 13.8. The summed E-state index contributed by atoms with van der Waals surface area (Å²) in [5, 5.41) is -0.501. The second-order valence-electron chi connectivity index (χ2n) is 5.68. The van der Waals surface area contributed by atoms with Gasteiger partial charge in [0.15, 0.2) is 9.84 Å². The molecule has 2 rings (SSSR count). The highest BCUT2D eigenvalue weighted by atomic mass is 32.2. The molecular weight excluding hydrogens is 293 g/mol. The van der Waals surface area contributed by atoms with E-state index < -0.39 is 20.9 Å². The molecule has 21 heavy (non-hydrogen) atoms. The fourth-order valence-corrected chi connectivity index (χ4v) is 4.30. The van der Waals surface area contributed by atoms with Crippen LogP contribution >= 0.6 is 0 Å². The Morgan fingerprint density at radius 1 is 1.19 bits per heavy atom.